The summed E-state index contributed by atoms with van der Waals surface area (Å²) >= 11 is 9.58. The molecule has 1 N–H and O–H groups in total. The Kier molecular flexibility index (Phi) is 5.36. The number of halogens is 2. The minimum Gasteiger partial charge on any atom is -0.310 e. The van der Waals surface area contributed by atoms with Gasteiger partial charge in [-0.2, -0.15) is 5.10 Å². The molecule has 6 heteroatoms. The molecule has 0 spiro atoms. The molecule has 1 aromatic heterocycles. The number of benzene rings is 1. The summed E-state index contributed by atoms with van der Waals surface area (Å²) in [6.07, 6.45) is 2.84. The molecule has 0 unspecified atom stereocenters. The van der Waals surface area contributed by atoms with E-state index in [9.17, 15) is 0 Å². The Morgan fingerprint density at radius 1 is 1.42 bits per heavy atom. The van der Waals surface area contributed by atoms with Crippen molar-refractivity contribution in [2.45, 2.75) is 26.4 Å². The largest absolute Gasteiger partial charge is 0.310 e. The van der Waals surface area contributed by atoms with E-state index in [1.165, 1.54) is 0 Å². The van der Waals surface area contributed by atoms with Crippen LogP contribution in [0.5, 0.6) is 0 Å². The van der Waals surface area contributed by atoms with Crippen LogP contribution in [-0.2, 0) is 13.1 Å². The lowest BCUT2D eigenvalue weighted by molar-refractivity contribution is 0.625. The molecule has 0 aliphatic carbocycles. The van der Waals surface area contributed by atoms with E-state index < -0.39 is 0 Å². The summed E-state index contributed by atoms with van der Waals surface area (Å²) in [5.41, 5.74) is 1.03. The Labute approximate surface area is 126 Å². The number of hydrogen-bond acceptors (Lipinski definition) is 3. The maximum atomic E-state index is 6.18. The molecular formula is C13H16BrClN4. The van der Waals surface area contributed by atoms with Crippen molar-refractivity contribution < 1.29 is 0 Å². The number of aromatic nitrogens is 3. The van der Waals surface area contributed by atoms with Gasteiger partial charge < -0.3 is 5.32 Å². The quantitative estimate of drug-likeness (QED) is 0.819. The SMILES string of the molecule is CCCNCc1ncn(Cc2ccc(Br)cc2Cl)n1. The average Bonchev–Trinajstić information content (AvgIpc) is 2.81. The van der Waals surface area contributed by atoms with Crippen LogP contribution in [0.15, 0.2) is 29.0 Å². The zero-order valence-electron chi connectivity index (χ0n) is 10.7. The highest BCUT2D eigenvalue weighted by Crippen LogP contribution is 2.21. The summed E-state index contributed by atoms with van der Waals surface area (Å²) in [5.74, 6) is 0.807. The van der Waals surface area contributed by atoms with Gasteiger partial charge in [0.2, 0.25) is 0 Å². The molecule has 2 rings (SSSR count). The summed E-state index contributed by atoms with van der Waals surface area (Å²) in [5, 5.41) is 8.42. The Balaban J connectivity index is 1.99. The molecule has 0 saturated carbocycles. The summed E-state index contributed by atoms with van der Waals surface area (Å²) in [6, 6.07) is 5.85. The van der Waals surface area contributed by atoms with Crippen LogP contribution in [0, 0.1) is 0 Å². The summed E-state index contributed by atoms with van der Waals surface area (Å²) in [7, 11) is 0. The van der Waals surface area contributed by atoms with Crippen molar-refractivity contribution in [1.82, 2.24) is 20.1 Å². The van der Waals surface area contributed by atoms with E-state index in [2.05, 4.69) is 38.3 Å². The van der Waals surface area contributed by atoms with Gasteiger partial charge in [0.05, 0.1) is 13.1 Å². The van der Waals surface area contributed by atoms with Crippen molar-refractivity contribution in [1.29, 1.82) is 0 Å². The Morgan fingerprint density at radius 2 is 2.26 bits per heavy atom. The first kappa shape index (κ1) is 14.5. The molecule has 0 fully saturated rings. The van der Waals surface area contributed by atoms with Gasteiger partial charge >= 0.3 is 0 Å². The van der Waals surface area contributed by atoms with E-state index in [1.807, 2.05) is 18.2 Å². The van der Waals surface area contributed by atoms with E-state index in [0.29, 0.717) is 13.1 Å². The normalized spacial score (nSPS) is 10.9. The van der Waals surface area contributed by atoms with Crippen molar-refractivity contribution in [3.63, 3.8) is 0 Å². The maximum absolute atomic E-state index is 6.18. The number of nitrogens with one attached hydrogen (secondary N) is 1. The van der Waals surface area contributed by atoms with Crippen molar-refractivity contribution in [2.24, 2.45) is 0 Å². The lowest BCUT2D eigenvalue weighted by Gasteiger charge is -2.04. The van der Waals surface area contributed by atoms with E-state index in [1.54, 1.807) is 11.0 Å². The van der Waals surface area contributed by atoms with E-state index in [-0.39, 0.29) is 0 Å². The van der Waals surface area contributed by atoms with Crippen LogP contribution in [-0.4, -0.2) is 21.3 Å². The summed E-state index contributed by atoms with van der Waals surface area (Å²) in [4.78, 5) is 4.27. The molecule has 0 atom stereocenters. The number of rotatable bonds is 6. The molecule has 0 bridgehead atoms. The van der Waals surface area contributed by atoms with Crippen LogP contribution in [0.1, 0.15) is 24.7 Å². The molecule has 1 aromatic carbocycles. The molecule has 0 saturated heterocycles. The Morgan fingerprint density at radius 3 is 3.00 bits per heavy atom. The minimum atomic E-state index is 0.632. The van der Waals surface area contributed by atoms with Crippen molar-refractivity contribution in [3.8, 4) is 0 Å². The molecule has 19 heavy (non-hydrogen) atoms. The fraction of sp³-hybridized carbons (Fsp3) is 0.385. The Hall–Kier alpha value is -0.910. The lowest BCUT2D eigenvalue weighted by atomic mass is 10.2. The third-order valence-electron chi connectivity index (χ3n) is 2.64. The molecule has 0 aliphatic rings. The van der Waals surface area contributed by atoms with Gasteiger partial charge in [0, 0.05) is 9.50 Å². The van der Waals surface area contributed by atoms with Gasteiger partial charge in [0.25, 0.3) is 0 Å². The second-order valence-corrected chi connectivity index (χ2v) is 5.59. The molecule has 0 radical (unpaired) electrons. The highest BCUT2D eigenvalue weighted by atomic mass is 79.9. The minimum absolute atomic E-state index is 0.632. The average molecular weight is 344 g/mol. The molecule has 2 aromatic rings. The van der Waals surface area contributed by atoms with Gasteiger partial charge in [0.1, 0.15) is 6.33 Å². The fourth-order valence-corrected chi connectivity index (χ4v) is 2.42. The number of hydrogen-bond donors (Lipinski definition) is 1. The lowest BCUT2D eigenvalue weighted by Crippen LogP contribution is -2.15. The van der Waals surface area contributed by atoms with Crippen LogP contribution in [0.2, 0.25) is 5.02 Å². The van der Waals surface area contributed by atoms with E-state index >= 15 is 0 Å². The molecule has 1 heterocycles. The second-order valence-electron chi connectivity index (χ2n) is 4.27. The highest BCUT2D eigenvalue weighted by Gasteiger charge is 2.05. The summed E-state index contributed by atoms with van der Waals surface area (Å²) < 4.78 is 2.78. The molecule has 4 nitrogen and oxygen atoms in total. The van der Waals surface area contributed by atoms with Gasteiger partial charge in [-0.25, -0.2) is 9.67 Å². The fourth-order valence-electron chi connectivity index (χ4n) is 1.69. The van der Waals surface area contributed by atoms with Crippen molar-refractivity contribution in [2.75, 3.05) is 6.54 Å². The van der Waals surface area contributed by atoms with Crippen LogP contribution in [0.3, 0.4) is 0 Å². The third kappa shape index (κ3) is 4.30. The summed E-state index contributed by atoms with van der Waals surface area (Å²) in [6.45, 7) is 4.45. The van der Waals surface area contributed by atoms with Gasteiger partial charge in [-0.3, -0.25) is 0 Å². The van der Waals surface area contributed by atoms with Crippen molar-refractivity contribution in [3.05, 3.63) is 45.4 Å². The number of nitrogens with zero attached hydrogens (tertiary/aromatic N) is 3. The standard InChI is InChI=1S/C13H16BrClN4/c1-2-5-16-7-13-17-9-19(18-13)8-10-3-4-11(14)6-12(10)15/h3-4,6,9,16H,2,5,7-8H2,1H3. The maximum Gasteiger partial charge on any atom is 0.164 e. The smallest absolute Gasteiger partial charge is 0.164 e. The predicted molar refractivity (Wildman–Crippen MR) is 80.3 cm³/mol. The van der Waals surface area contributed by atoms with Gasteiger partial charge in [0.15, 0.2) is 5.82 Å². The van der Waals surface area contributed by atoms with E-state index in [0.717, 1.165) is 33.8 Å². The third-order valence-corrected chi connectivity index (χ3v) is 3.49. The first-order valence-electron chi connectivity index (χ1n) is 6.22. The van der Waals surface area contributed by atoms with Crippen molar-refractivity contribution >= 4 is 27.5 Å². The molecule has 0 amide bonds. The Bertz CT molecular complexity index is 541. The first-order chi connectivity index (χ1) is 9.19. The van der Waals surface area contributed by atoms with Gasteiger partial charge in [-0.05, 0) is 30.7 Å². The van der Waals surface area contributed by atoms with Crippen LogP contribution < -0.4 is 5.32 Å². The molecule has 102 valence electrons. The van der Waals surface area contributed by atoms with Gasteiger partial charge in [-0.1, -0.05) is 40.5 Å². The van der Waals surface area contributed by atoms with Crippen LogP contribution in [0.25, 0.3) is 0 Å². The first-order valence-corrected chi connectivity index (χ1v) is 7.39. The topological polar surface area (TPSA) is 42.7 Å². The monoisotopic (exact) mass is 342 g/mol. The molecule has 0 aliphatic heterocycles. The van der Waals surface area contributed by atoms with Crippen LogP contribution >= 0.6 is 27.5 Å². The highest BCUT2D eigenvalue weighted by molar-refractivity contribution is 9.10. The zero-order chi connectivity index (χ0) is 13.7. The van der Waals surface area contributed by atoms with Crippen LogP contribution in [0.4, 0.5) is 0 Å². The molecular weight excluding hydrogens is 328 g/mol. The zero-order valence-corrected chi connectivity index (χ0v) is 13.1. The van der Waals surface area contributed by atoms with E-state index in [4.69, 9.17) is 11.6 Å². The second kappa shape index (κ2) is 7.03. The predicted octanol–water partition coefficient (Wildman–Crippen LogP) is 3.24. The van der Waals surface area contributed by atoms with Gasteiger partial charge in [-0.15, -0.1) is 0 Å².